The van der Waals surface area contributed by atoms with Gasteiger partial charge < -0.3 is 15.2 Å². The lowest BCUT2D eigenvalue weighted by molar-refractivity contribution is 0.00693. The molecule has 0 bridgehead atoms. The van der Waals surface area contributed by atoms with Gasteiger partial charge in [0, 0.05) is 17.1 Å². The lowest BCUT2D eigenvalue weighted by atomic mass is 10.0. The van der Waals surface area contributed by atoms with Crippen molar-refractivity contribution in [2.45, 2.75) is 52.7 Å². The molecule has 2 heterocycles. The average Bonchev–Trinajstić information content (AvgIpc) is 2.95. The first-order valence-electron chi connectivity index (χ1n) is 9.53. The van der Waals surface area contributed by atoms with Gasteiger partial charge in [0.1, 0.15) is 16.8 Å². The Morgan fingerprint density at radius 3 is 2.32 bits per heavy atom. The van der Waals surface area contributed by atoms with Crippen molar-refractivity contribution >= 4 is 40.4 Å². The van der Waals surface area contributed by atoms with Gasteiger partial charge >= 0.3 is 12.1 Å². The molecule has 0 aliphatic heterocycles. The molecule has 10 heteroatoms. The van der Waals surface area contributed by atoms with E-state index in [-0.39, 0.29) is 22.4 Å². The molecule has 0 radical (unpaired) electrons. The Morgan fingerprint density at radius 2 is 1.71 bits per heavy atom. The smallest absolute Gasteiger partial charge is 0.435 e. The Morgan fingerprint density at radius 1 is 1.06 bits per heavy atom. The normalized spacial score (nSPS) is 12.1. The first kappa shape index (κ1) is 22.5. The van der Waals surface area contributed by atoms with Crippen molar-refractivity contribution in [2.75, 3.05) is 5.73 Å². The van der Waals surface area contributed by atoms with Gasteiger partial charge in [-0.15, -0.1) is 5.10 Å². The first-order valence-corrected chi connectivity index (χ1v) is 9.91. The van der Waals surface area contributed by atoms with Gasteiger partial charge in [-0.3, -0.25) is 0 Å². The van der Waals surface area contributed by atoms with E-state index in [4.69, 9.17) is 26.8 Å². The van der Waals surface area contributed by atoms with E-state index in [1.807, 2.05) is 0 Å². The number of halogens is 1. The number of fused-ring (bicyclic) bond motifs is 1. The van der Waals surface area contributed by atoms with Gasteiger partial charge in [-0.1, -0.05) is 6.07 Å². The summed E-state index contributed by atoms with van der Waals surface area (Å²) in [6.45, 7) is 10.6. The SMILES string of the molecule is CC(C)(C)OC(=O)c1cnc(Cl)nc1-c1ccc2c(c1)c(N)nn2C(=O)OC(C)(C)C. The van der Waals surface area contributed by atoms with E-state index in [0.29, 0.717) is 16.5 Å². The molecule has 0 atom stereocenters. The molecule has 0 aliphatic carbocycles. The molecule has 0 saturated carbocycles. The molecule has 2 aromatic heterocycles. The standard InChI is InChI=1S/C21H24ClN5O4/c1-20(2,3)30-17(28)13-10-24-18(22)25-15(13)11-7-8-14-12(9-11)16(23)26-27(14)19(29)31-21(4,5)6/h7-10H,1-6H3,(H2,23,26). The van der Waals surface area contributed by atoms with Gasteiger partial charge in [0.25, 0.3) is 0 Å². The minimum atomic E-state index is -0.697. The maximum Gasteiger partial charge on any atom is 0.435 e. The van der Waals surface area contributed by atoms with Crippen molar-refractivity contribution in [1.82, 2.24) is 19.7 Å². The maximum atomic E-state index is 12.7. The highest BCUT2D eigenvalue weighted by Crippen LogP contribution is 2.30. The molecule has 1 aromatic carbocycles. The van der Waals surface area contributed by atoms with Crippen LogP contribution >= 0.6 is 11.6 Å². The highest BCUT2D eigenvalue weighted by Gasteiger charge is 2.25. The number of nitrogen functional groups attached to an aromatic ring is 1. The molecule has 0 fully saturated rings. The van der Waals surface area contributed by atoms with Gasteiger partial charge in [-0.2, -0.15) is 4.68 Å². The summed E-state index contributed by atoms with van der Waals surface area (Å²) in [5.41, 5.74) is 6.08. The van der Waals surface area contributed by atoms with Crippen LogP contribution in [0.3, 0.4) is 0 Å². The van der Waals surface area contributed by atoms with E-state index in [1.54, 1.807) is 59.7 Å². The van der Waals surface area contributed by atoms with Gasteiger partial charge in [0.05, 0.1) is 11.2 Å². The summed E-state index contributed by atoms with van der Waals surface area (Å²) < 4.78 is 11.9. The lowest BCUT2D eigenvalue weighted by Gasteiger charge is -2.20. The number of aromatic nitrogens is 4. The highest BCUT2D eigenvalue weighted by atomic mass is 35.5. The third-order valence-corrected chi connectivity index (χ3v) is 4.11. The second-order valence-corrected chi connectivity index (χ2v) is 9.25. The fraction of sp³-hybridized carbons (Fsp3) is 0.381. The summed E-state index contributed by atoms with van der Waals surface area (Å²) in [6.07, 6.45) is 0.664. The molecular weight excluding hydrogens is 422 g/mol. The van der Waals surface area contributed by atoms with E-state index >= 15 is 0 Å². The first-order chi connectivity index (χ1) is 14.2. The lowest BCUT2D eigenvalue weighted by Crippen LogP contribution is -2.27. The van der Waals surface area contributed by atoms with Crippen LogP contribution in [0.25, 0.3) is 22.2 Å². The van der Waals surface area contributed by atoms with Crippen molar-refractivity contribution in [3.63, 3.8) is 0 Å². The Kier molecular flexibility index (Phi) is 5.66. The molecule has 0 aliphatic rings. The summed E-state index contributed by atoms with van der Waals surface area (Å²) in [5.74, 6) is -0.460. The van der Waals surface area contributed by atoms with Crippen molar-refractivity contribution in [1.29, 1.82) is 0 Å². The number of ether oxygens (including phenoxy) is 2. The van der Waals surface area contributed by atoms with E-state index in [9.17, 15) is 9.59 Å². The van der Waals surface area contributed by atoms with Crippen LogP contribution < -0.4 is 5.73 Å². The van der Waals surface area contributed by atoms with Gasteiger partial charge in [0.2, 0.25) is 5.28 Å². The molecule has 164 valence electrons. The third-order valence-electron chi connectivity index (χ3n) is 3.93. The monoisotopic (exact) mass is 445 g/mol. The van der Waals surface area contributed by atoms with E-state index < -0.39 is 23.3 Å². The van der Waals surface area contributed by atoms with Crippen LogP contribution in [0.15, 0.2) is 24.4 Å². The van der Waals surface area contributed by atoms with Crippen molar-refractivity contribution in [3.05, 3.63) is 35.2 Å². The average molecular weight is 446 g/mol. The predicted molar refractivity (Wildman–Crippen MR) is 117 cm³/mol. The van der Waals surface area contributed by atoms with Crippen LogP contribution in [-0.4, -0.2) is 43.0 Å². The van der Waals surface area contributed by atoms with Crippen LogP contribution in [0.1, 0.15) is 51.9 Å². The zero-order valence-electron chi connectivity index (χ0n) is 18.2. The zero-order chi connectivity index (χ0) is 23.1. The number of nitrogens with zero attached hydrogens (tertiary/aromatic N) is 4. The largest absolute Gasteiger partial charge is 0.456 e. The number of rotatable bonds is 2. The van der Waals surface area contributed by atoms with Crippen LogP contribution in [0.5, 0.6) is 0 Å². The summed E-state index contributed by atoms with van der Waals surface area (Å²) >= 11 is 5.98. The van der Waals surface area contributed by atoms with Crippen LogP contribution in [0, 0.1) is 0 Å². The fourth-order valence-electron chi connectivity index (χ4n) is 2.80. The molecule has 3 aromatic rings. The molecular formula is C21H24ClN5O4. The maximum absolute atomic E-state index is 12.7. The molecule has 0 spiro atoms. The molecule has 2 N–H and O–H groups in total. The van der Waals surface area contributed by atoms with Crippen molar-refractivity contribution in [2.24, 2.45) is 0 Å². The number of carbonyl (C=O) groups excluding carboxylic acids is 2. The van der Waals surface area contributed by atoms with Crippen LogP contribution in [0.4, 0.5) is 10.6 Å². The Balaban J connectivity index is 2.09. The quantitative estimate of drug-likeness (QED) is 0.452. The van der Waals surface area contributed by atoms with Gasteiger partial charge in [0.15, 0.2) is 5.82 Å². The Labute approximate surface area is 184 Å². The van der Waals surface area contributed by atoms with Gasteiger partial charge in [-0.05, 0) is 65.3 Å². The van der Waals surface area contributed by atoms with E-state index in [0.717, 1.165) is 4.68 Å². The second-order valence-electron chi connectivity index (χ2n) is 8.91. The number of nitrogens with two attached hydrogens (primary N) is 1. The molecule has 9 nitrogen and oxygen atoms in total. The third kappa shape index (κ3) is 5.11. The summed E-state index contributed by atoms with van der Waals surface area (Å²) in [6, 6.07) is 4.99. The number of benzene rings is 1. The fourth-order valence-corrected chi connectivity index (χ4v) is 2.93. The van der Waals surface area contributed by atoms with Crippen molar-refractivity contribution < 1.29 is 19.1 Å². The number of esters is 1. The zero-order valence-corrected chi connectivity index (χ0v) is 18.9. The van der Waals surface area contributed by atoms with Gasteiger partial charge in [-0.25, -0.2) is 19.6 Å². The Hall–Kier alpha value is -3.20. The molecule has 0 saturated heterocycles. The second kappa shape index (κ2) is 7.81. The predicted octanol–water partition coefficient (Wildman–Crippen LogP) is 4.47. The minimum absolute atomic E-state index is 0.0279. The molecule has 0 unspecified atom stereocenters. The Bertz CT molecular complexity index is 1170. The number of carbonyl (C=O) groups is 2. The molecule has 31 heavy (non-hydrogen) atoms. The molecule has 3 rings (SSSR count). The van der Waals surface area contributed by atoms with E-state index in [1.165, 1.54) is 6.20 Å². The topological polar surface area (TPSA) is 122 Å². The van der Waals surface area contributed by atoms with Crippen molar-refractivity contribution in [3.8, 4) is 11.3 Å². The molecule has 0 amide bonds. The number of hydrogen-bond donors (Lipinski definition) is 1. The number of hydrogen-bond acceptors (Lipinski definition) is 8. The summed E-state index contributed by atoms with van der Waals surface area (Å²) in [5, 5.41) is 4.57. The summed E-state index contributed by atoms with van der Waals surface area (Å²) in [7, 11) is 0. The summed E-state index contributed by atoms with van der Waals surface area (Å²) in [4.78, 5) is 33.3. The van der Waals surface area contributed by atoms with Crippen LogP contribution in [0.2, 0.25) is 5.28 Å². The number of anilines is 1. The van der Waals surface area contributed by atoms with E-state index in [2.05, 4.69) is 15.1 Å². The minimum Gasteiger partial charge on any atom is -0.456 e. The van der Waals surface area contributed by atoms with Crippen LogP contribution in [-0.2, 0) is 9.47 Å². The highest BCUT2D eigenvalue weighted by molar-refractivity contribution is 6.28.